The molecule has 21 aromatic rings. The average Bonchev–Trinajstić information content (AvgIpc) is 1.52. The fraction of sp³-hybridized carbons (Fsp3) is 0.0182. The van der Waals surface area contributed by atoms with Crippen LogP contribution in [0.25, 0.3) is 166 Å². The first-order valence-corrected chi connectivity index (χ1v) is 39.6. The van der Waals surface area contributed by atoms with Crippen LogP contribution >= 0.6 is 0 Å². The summed E-state index contributed by atoms with van der Waals surface area (Å²) in [4.78, 5) is 30.9. The van der Waals surface area contributed by atoms with Crippen LogP contribution in [0.2, 0.25) is 0 Å². The van der Waals surface area contributed by atoms with Crippen molar-refractivity contribution in [2.45, 2.75) is 10.8 Å². The number of rotatable bonds is 11. The van der Waals surface area contributed by atoms with Crippen LogP contribution in [0.5, 0.6) is 0 Å². The highest BCUT2D eigenvalue weighted by Crippen LogP contribution is 2.62. The molecule has 2 aromatic heterocycles. The summed E-state index contributed by atoms with van der Waals surface area (Å²) in [5, 5.41) is 15.2. The summed E-state index contributed by atoms with van der Waals surface area (Å²) in [5.74, 6) is 3.84. The molecule has 116 heavy (non-hydrogen) atoms. The van der Waals surface area contributed by atoms with E-state index < -0.39 is 10.8 Å². The maximum absolute atomic E-state index is 5.27. The molecule has 0 amide bonds. The summed E-state index contributed by atoms with van der Waals surface area (Å²) >= 11 is 0. The van der Waals surface area contributed by atoms with Crippen molar-refractivity contribution in [1.82, 2.24) is 29.9 Å². The van der Waals surface area contributed by atoms with Crippen molar-refractivity contribution in [3.63, 3.8) is 0 Å². The van der Waals surface area contributed by atoms with Gasteiger partial charge in [-0.3, -0.25) is 0 Å². The molecule has 0 atom stereocenters. The Hall–Kier alpha value is -15.2. The van der Waals surface area contributed by atoms with Crippen LogP contribution in [0.1, 0.15) is 44.5 Å². The molecule has 0 saturated heterocycles. The Labute approximate surface area is 671 Å². The third kappa shape index (κ3) is 10.9. The Bertz CT molecular complexity index is 7190. The van der Waals surface area contributed by atoms with Crippen LogP contribution in [-0.2, 0) is 10.8 Å². The molecule has 2 heterocycles. The van der Waals surface area contributed by atoms with E-state index in [2.05, 4.69) is 364 Å². The molecule has 2 aliphatic carbocycles. The van der Waals surface area contributed by atoms with Gasteiger partial charge in [-0.05, 0) is 155 Å². The molecule has 0 fully saturated rings. The zero-order valence-corrected chi connectivity index (χ0v) is 63.1. The predicted molar refractivity (Wildman–Crippen MR) is 477 cm³/mol. The smallest absolute Gasteiger partial charge is 0.164 e. The Morgan fingerprint density at radius 1 is 0.147 bits per heavy atom. The minimum absolute atomic E-state index is 0.631. The van der Waals surface area contributed by atoms with Gasteiger partial charge in [-0.15, -0.1) is 0 Å². The second-order valence-electron chi connectivity index (χ2n) is 30.1. The number of fused-ring (bicyclic) bond motifs is 20. The number of hydrogen-bond donors (Lipinski definition) is 0. The SMILES string of the molecule is c1ccc(-c2ccc(-c3nc(-c4ccccc4)nc(-c4ccc5c(c4)C(c4ccccc4)(c4ccccc4)c4c-5ccc5c6ccccc6c6ccccc6c45)n3)cc2)cc1.c1ccc(-c2nc(-c3ccccc3)nc(-c3ccc4c(c3)C(c3ccccc3)(c3ccccc3)c3c-4ccc4c5ccccc5c5ccccc5c34)n2)cc1. The van der Waals surface area contributed by atoms with Crippen LogP contribution in [0.4, 0.5) is 0 Å². The van der Waals surface area contributed by atoms with Gasteiger partial charge in [-0.1, -0.05) is 413 Å². The highest BCUT2D eigenvalue weighted by Gasteiger charge is 2.50. The van der Waals surface area contributed by atoms with E-state index in [1.54, 1.807) is 0 Å². The Morgan fingerprint density at radius 2 is 0.345 bits per heavy atom. The monoisotopic (exact) mass is 1470 g/mol. The maximum atomic E-state index is 5.27. The zero-order chi connectivity index (χ0) is 76.7. The first-order chi connectivity index (χ1) is 57.5. The quantitative estimate of drug-likeness (QED) is 0.120. The summed E-state index contributed by atoms with van der Waals surface area (Å²) in [6.07, 6.45) is 0. The van der Waals surface area contributed by atoms with Crippen molar-refractivity contribution in [3.8, 4) is 102 Å². The fourth-order valence-corrected chi connectivity index (χ4v) is 19.0. The van der Waals surface area contributed by atoms with Gasteiger partial charge in [0.05, 0.1) is 10.8 Å². The summed E-state index contributed by atoms with van der Waals surface area (Å²) in [6, 6.07) is 152. The highest BCUT2D eigenvalue weighted by molar-refractivity contribution is 6.29. The number of aromatic nitrogens is 6. The van der Waals surface area contributed by atoms with E-state index in [4.69, 9.17) is 29.9 Å². The van der Waals surface area contributed by atoms with Gasteiger partial charge in [0.1, 0.15) is 0 Å². The molecule has 0 bridgehead atoms. The largest absolute Gasteiger partial charge is 0.208 e. The van der Waals surface area contributed by atoms with Gasteiger partial charge in [0, 0.05) is 33.4 Å². The van der Waals surface area contributed by atoms with Gasteiger partial charge in [-0.25, -0.2) is 29.9 Å². The van der Waals surface area contributed by atoms with E-state index in [1.807, 2.05) is 60.7 Å². The molecular formula is C110H70N6. The molecule has 0 saturated carbocycles. The lowest BCUT2D eigenvalue weighted by Gasteiger charge is -2.35. The molecular weight excluding hydrogens is 1410 g/mol. The summed E-state index contributed by atoms with van der Waals surface area (Å²) in [7, 11) is 0. The first-order valence-electron chi connectivity index (χ1n) is 39.6. The van der Waals surface area contributed by atoms with Crippen LogP contribution in [-0.4, -0.2) is 29.9 Å². The van der Waals surface area contributed by atoms with E-state index in [0.29, 0.717) is 34.9 Å². The van der Waals surface area contributed by atoms with Gasteiger partial charge < -0.3 is 0 Å². The Balaban J connectivity index is 0.000000141. The molecule has 0 N–H and O–H groups in total. The topological polar surface area (TPSA) is 77.3 Å². The lowest BCUT2D eigenvalue weighted by Crippen LogP contribution is -2.29. The minimum Gasteiger partial charge on any atom is -0.208 e. The summed E-state index contributed by atoms with van der Waals surface area (Å²) in [6.45, 7) is 0. The van der Waals surface area contributed by atoms with Gasteiger partial charge in [-0.2, -0.15) is 0 Å². The molecule has 540 valence electrons. The molecule has 0 spiro atoms. The molecule has 2 aliphatic rings. The van der Waals surface area contributed by atoms with E-state index >= 15 is 0 Å². The Morgan fingerprint density at radius 3 is 0.647 bits per heavy atom. The third-order valence-electron chi connectivity index (χ3n) is 24.0. The minimum atomic E-state index is -0.667. The van der Waals surface area contributed by atoms with E-state index in [-0.39, 0.29) is 0 Å². The second kappa shape index (κ2) is 27.9. The van der Waals surface area contributed by atoms with Gasteiger partial charge in [0.15, 0.2) is 34.9 Å². The van der Waals surface area contributed by atoms with Crippen molar-refractivity contribution < 1.29 is 0 Å². The molecule has 0 unspecified atom stereocenters. The van der Waals surface area contributed by atoms with Crippen molar-refractivity contribution >= 4 is 64.6 Å². The second-order valence-corrected chi connectivity index (χ2v) is 30.1. The van der Waals surface area contributed by atoms with Crippen molar-refractivity contribution in [3.05, 3.63) is 469 Å². The standard InChI is InChI=1S/C58H37N3.C52H33N3/c1-5-17-38(18-6-1)39-29-31-41(32-30-39)56-59-55(40-19-7-2-8-20-40)60-57(61-56)42-33-34-48-51-36-35-50-47-27-14-13-25-45(47)46-26-15-16-28-49(46)53(50)54(51)58(52(48)37-42,43-21-9-3-10-22-43)44-23-11-4-12-24-44;1-5-17-34(18-6-1)49-53-50(35-19-7-2-8-20-35)55-51(54-49)36-29-30-42-45-32-31-44-41-27-14-13-25-39(41)40-26-15-16-28-43(40)47(44)48(45)52(46(42)33-36,37-21-9-3-10-22-37)38-23-11-4-12-24-38/h1-37H;1-33H. The molecule has 6 heteroatoms. The average molecular weight is 1480 g/mol. The van der Waals surface area contributed by atoms with E-state index in [9.17, 15) is 0 Å². The van der Waals surface area contributed by atoms with E-state index in [1.165, 1.54) is 137 Å². The van der Waals surface area contributed by atoms with Crippen LogP contribution in [0.3, 0.4) is 0 Å². The molecule has 6 nitrogen and oxygen atoms in total. The van der Waals surface area contributed by atoms with E-state index in [0.717, 1.165) is 38.9 Å². The van der Waals surface area contributed by atoms with Crippen LogP contribution in [0, 0.1) is 0 Å². The third-order valence-corrected chi connectivity index (χ3v) is 24.0. The number of nitrogens with zero attached hydrogens (tertiary/aromatic N) is 6. The molecule has 19 aromatic carbocycles. The van der Waals surface area contributed by atoms with Crippen molar-refractivity contribution in [2.75, 3.05) is 0 Å². The molecule has 0 radical (unpaired) electrons. The summed E-state index contributed by atoms with van der Waals surface area (Å²) < 4.78 is 0. The maximum Gasteiger partial charge on any atom is 0.164 e. The van der Waals surface area contributed by atoms with Crippen molar-refractivity contribution in [2.24, 2.45) is 0 Å². The normalized spacial score (nSPS) is 12.8. The van der Waals surface area contributed by atoms with Crippen LogP contribution in [0.15, 0.2) is 425 Å². The lowest BCUT2D eigenvalue weighted by molar-refractivity contribution is 0.776. The van der Waals surface area contributed by atoms with Gasteiger partial charge in [0.2, 0.25) is 0 Å². The fourth-order valence-electron chi connectivity index (χ4n) is 19.0. The molecule has 0 aliphatic heterocycles. The molecule has 23 rings (SSSR count). The Kier molecular flexibility index (Phi) is 16.3. The summed E-state index contributed by atoms with van der Waals surface area (Å²) in [5.41, 5.74) is 21.4. The first kappa shape index (κ1) is 67.6. The highest BCUT2D eigenvalue weighted by atomic mass is 15.0. The van der Waals surface area contributed by atoms with Gasteiger partial charge in [0.25, 0.3) is 0 Å². The predicted octanol–water partition coefficient (Wildman–Crippen LogP) is 27.1. The van der Waals surface area contributed by atoms with Crippen molar-refractivity contribution in [1.29, 1.82) is 0 Å². The van der Waals surface area contributed by atoms with Crippen LogP contribution < -0.4 is 0 Å². The number of benzene rings is 19. The number of hydrogen-bond acceptors (Lipinski definition) is 6. The zero-order valence-electron chi connectivity index (χ0n) is 63.1. The van der Waals surface area contributed by atoms with Gasteiger partial charge >= 0.3 is 0 Å². The lowest BCUT2D eigenvalue weighted by atomic mass is 9.66.